The normalized spacial score (nSPS) is 19.7. The number of aromatic amines is 1. The summed E-state index contributed by atoms with van der Waals surface area (Å²) in [5.41, 5.74) is 6.40. The van der Waals surface area contributed by atoms with Crippen molar-refractivity contribution in [3.8, 4) is 0 Å². The van der Waals surface area contributed by atoms with Crippen molar-refractivity contribution >= 4 is 28.6 Å². The van der Waals surface area contributed by atoms with Gasteiger partial charge in [-0.25, -0.2) is 14.4 Å². The summed E-state index contributed by atoms with van der Waals surface area (Å²) >= 11 is 0. The predicted octanol–water partition coefficient (Wildman–Crippen LogP) is 3.72. The lowest BCUT2D eigenvalue weighted by molar-refractivity contribution is 0.0771. The third-order valence-corrected chi connectivity index (χ3v) is 7.13. The van der Waals surface area contributed by atoms with E-state index in [1.807, 2.05) is 6.20 Å². The number of aromatic nitrogens is 5. The summed E-state index contributed by atoms with van der Waals surface area (Å²) in [6.07, 6.45) is 1.89. The van der Waals surface area contributed by atoms with Crippen molar-refractivity contribution in [2.24, 2.45) is 5.92 Å². The van der Waals surface area contributed by atoms with Crippen LogP contribution in [0.5, 0.6) is 0 Å². The van der Waals surface area contributed by atoms with Gasteiger partial charge in [0.15, 0.2) is 0 Å². The molecule has 6 rings (SSSR count). The Kier molecular flexibility index (Phi) is 5.40. The zero-order valence-electron chi connectivity index (χ0n) is 20.4. The van der Waals surface area contributed by atoms with Crippen molar-refractivity contribution in [1.29, 1.82) is 0 Å². The number of hydrogen-bond donors (Lipinski definition) is 2. The Hall–Kier alpha value is -3.92. The molecular weight excluding hydrogens is 459 g/mol. The number of nitrogens with zero attached hydrogens (tertiary/aromatic N) is 6. The molecule has 36 heavy (non-hydrogen) atoms. The van der Waals surface area contributed by atoms with E-state index in [0.29, 0.717) is 36.6 Å². The van der Waals surface area contributed by atoms with E-state index in [2.05, 4.69) is 69.6 Å². The molecule has 2 atom stereocenters. The van der Waals surface area contributed by atoms with Gasteiger partial charge < -0.3 is 10.2 Å². The minimum Gasteiger partial charge on any atom is -0.337 e. The minimum atomic E-state index is -0.567. The second-order valence-corrected chi connectivity index (χ2v) is 9.99. The maximum Gasteiger partial charge on any atom is 0.256 e. The molecule has 2 unspecified atom stereocenters. The molecule has 0 aliphatic carbocycles. The van der Waals surface area contributed by atoms with Gasteiger partial charge in [-0.1, -0.05) is 18.2 Å². The van der Waals surface area contributed by atoms with Crippen LogP contribution < -0.4 is 5.32 Å². The number of amides is 1. The predicted molar refractivity (Wildman–Crippen MR) is 133 cm³/mol. The fourth-order valence-corrected chi connectivity index (χ4v) is 5.44. The molecule has 1 fully saturated rings. The lowest BCUT2D eigenvalue weighted by Gasteiger charge is -2.26. The number of halogens is 1. The van der Waals surface area contributed by atoms with E-state index in [1.54, 1.807) is 4.90 Å². The molecule has 1 saturated heterocycles. The van der Waals surface area contributed by atoms with Gasteiger partial charge in [0.25, 0.3) is 5.91 Å². The Morgan fingerprint density at radius 3 is 2.72 bits per heavy atom. The van der Waals surface area contributed by atoms with Gasteiger partial charge in [-0.3, -0.25) is 14.8 Å². The Labute approximate surface area is 207 Å². The average Bonchev–Trinajstić information content (AvgIpc) is 3.54. The van der Waals surface area contributed by atoms with Gasteiger partial charge in [0.2, 0.25) is 5.95 Å². The summed E-state index contributed by atoms with van der Waals surface area (Å²) in [5.74, 6) is -0.0657. The van der Waals surface area contributed by atoms with Crippen LogP contribution in [0.2, 0.25) is 0 Å². The van der Waals surface area contributed by atoms with Crippen LogP contribution in [0.25, 0.3) is 11.0 Å². The number of aryl methyl sites for hydroxylation is 2. The summed E-state index contributed by atoms with van der Waals surface area (Å²) in [4.78, 5) is 26.6. The zero-order chi connectivity index (χ0) is 25.0. The molecule has 2 aromatic carbocycles. The number of likely N-dealkylation sites (tertiary alicyclic amines) is 1. The van der Waals surface area contributed by atoms with E-state index in [-0.39, 0.29) is 23.4 Å². The van der Waals surface area contributed by atoms with Gasteiger partial charge in [0.05, 0.1) is 16.8 Å². The minimum absolute atomic E-state index is 0.0296. The van der Waals surface area contributed by atoms with E-state index in [0.717, 1.165) is 23.5 Å². The molecule has 9 nitrogen and oxygen atoms in total. The van der Waals surface area contributed by atoms with Gasteiger partial charge in [-0.05, 0) is 49.1 Å². The number of carbonyl (C=O) groups is 1. The highest BCUT2D eigenvalue weighted by Crippen LogP contribution is 2.31. The molecule has 184 valence electrons. The van der Waals surface area contributed by atoms with Crippen molar-refractivity contribution in [2.75, 3.05) is 18.4 Å². The van der Waals surface area contributed by atoms with Crippen molar-refractivity contribution < 1.29 is 9.18 Å². The van der Waals surface area contributed by atoms with Crippen molar-refractivity contribution in [3.63, 3.8) is 0 Å². The van der Waals surface area contributed by atoms with E-state index in [4.69, 9.17) is 4.98 Å². The Morgan fingerprint density at radius 1 is 1.11 bits per heavy atom. The topological polar surface area (TPSA) is 103 Å². The highest BCUT2D eigenvalue weighted by atomic mass is 19.1. The second-order valence-electron chi connectivity index (χ2n) is 9.99. The van der Waals surface area contributed by atoms with E-state index in [1.165, 1.54) is 23.3 Å². The molecule has 0 saturated carbocycles. The van der Waals surface area contributed by atoms with Crippen molar-refractivity contribution in [2.45, 2.75) is 39.9 Å². The molecule has 2 N–H and O–H groups in total. The fourth-order valence-electron chi connectivity index (χ4n) is 5.44. The number of benzene rings is 2. The first-order valence-corrected chi connectivity index (χ1v) is 12.1. The quantitative estimate of drug-likeness (QED) is 0.453. The lowest BCUT2D eigenvalue weighted by atomic mass is 10.1. The first-order valence-electron chi connectivity index (χ1n) is 12.1. The Bertz CT molecular complexity index is 1460. The maximum absolute atomic E-state index is 14.7. The molecular formula is C26H27FN8O. The van der Waals surface area contributed by atoms with Crippen LogP contribution in [-0.4, -0.2) is 60.2 Å². The van der Waals surface area contributed by atoms with Crippen LogP contribution in [0.1, 0.15) is 39.7 Å². The largest absolute Gasteiger partial charge is 0.337 e. The van der Waals surface area contributed by atoms with Crippen LogP contribution in [0.4, 0.5) is 16.0 Å². The summed E-state index contributed by atoms with van der Waals surface area (Å²) in [6.45, 7) is 8.79. The molecule has 10 heteroatoms. The Morgan fingerprint density at radius 2 is 1.92 bits per heavy atom. The maximum atomic E-state index is 14.7. The van der Waals surface area contributed by atoms with Gasteiger partial charge in [-0.2, -0.15) is 0 Å². The number of H-pyrrole nitrogens is 1. The number of carbonyl (C=O) groups excluding carboxylic acids is 1. The van der Waals surface area contributed by atoms with Crippen molar-refractivity contribution in [1.82, 2.24) is 35.2 Å². The van der Waals surface area contributed by atoms with E-state index in [9.17, 15) is 9.18 Å². The molecule has 0 spiro atoms. The fraction of sp³-hybridized carbons (Fsp3) is 0.346. The lowest BCUT2D eigenvalue weighted by Crippen LogP contribution is -2.37. The third kappa shape index (κ3) is 4.07. The molecule has 2 aliphatic heterocycles. The molecule has 4 heterocycles. The highest BCUT2D eigenvalue weighted by Gasteiger charge is 2.39. The smallest absolute Gasteiger partial charge is 0.256 e. The molecule has 0 bridgehead atoms. The summed E-state index contributed by atoms with van der Waals surface area (Å²) in [6, 6.07) is 9.18. The van der Waals surface area contributed by atoms with Crippen LogP contribution >= 0.6 is 0 Å². The van der Waals surface area contributed by atoms with Gasteiger partial charge in [0, 0.05) is 55.7 Å². The highest BCUT2D eigenvalue weighted by molar-refractivity contribution is 5.97. The molecule has 2 aromatic heterocycles. The van der Waals surface area contributed by atoms with Gasteiger partial charge in [-0.15, -0.1) is 5.10 Å². The van der Waals surface area contributed by atoms with E-state index >= 15 is 0 Å². The second kappa shape index (κ2) is 8.63. The number of hydrogen-bond acceptors (Lipinski definition) is 7. The third-order valence-electron chi connectivity index (χ3n) is 7.13. The number of fused-ring (bicyclic) bond motifs is 2. The summed E-state index contributed by atoms with van der Waals surface area (Å²) < 4.78 is 14.7. The SMILES string of the molecule is Cc1cc(C)cc(Nc2ncc3c(n2)CN(C2CN(C(=O)c4cc5nn[nH]c5cc4F)CC2C)C3)c1. The molecule has 4 aromatic rings. The monoisotopic (exact) mass is 486 g/mol. The zero-order valence-corrected chi connectivity index (χ0v) is 20.4. The van der Waals surface area contributed by atoms with Crippen molar-refractivity contribution in [3.05, 3.63) is 70.3 Å². The van der Waals surface area contributed by atoms with E-state index < -0.39 is 5.82 Å². The first-order chi connectivity index (χ1) is 17.3. The summed E-state index contributed by atoms with van der Waals surface area (Å²) in [7, 11) is 0. The van der Waals surface area contributed by atoms with Crippen LogP contribution in [-0.2, 0) is 13.1 Å². The first kappa shape index (κ1) is 22.5. The standard InChI is InChI=1S/C26H27FN8O/c1-14-4-15(2)6-18(5-14)29-26-28-9-17-11-34(12-23(17)30-26)24-13-35(10-16(24)3)25(36)19-7-21-22(8-20(19)27)32-33-31-21/h4-9,16,24H,10-13H2,1-3H3,(H,28,29,30)(H,31,32,33). The number of anilines is 2. The summed E-state index contributed by atoms with van der Waals surface area (Å²) in [5, 5.41) is 13.6. The molecule has 1 amide bonds. The van der Waals surface area contributed by atoms with Gasteiger partial charge in [0.1, 0.15) is 11.3 Å². The average molecular weight is 487 g/mol. The van der Waals surface area contributed by atoms with Gasteiger partial charge >= 0.3 is 0 Å². The molecule has 0 radical (unpaired) electrons. The van der Waals surface area contributed by atoms with Crippen LogP contribution in [0, 0.1) is 25.6 Å². The molecule has 2 aliphatic rings. The number of rotatable bonds is 4. The van der Waals surface area contributed by atoms with Crippen LogP contribution in [0.3, 0.4) is 0 Å². The Balaban J connectivity index is 1.16. The van der Waals surface area contributed by atoms with Crippen LogP contribution in [0.15, 0.2) is 36.5 Å². The number of nitrogens with one attached hydrogen (secondary N) is 2.